The van der Waals surface area contributed by atoms with E-state index in [9.17, 15) is 9.59 Å². The van der Waals surface area contributed by atoms with Crippen LogP contribution in [0.3, 0.4) is 0 Å². The molecule has 0 bridgehead atoms. The summed E-state index contributed by atoms with van der Waals surface area (Å²) in [6.07, 6.45) is 1.82. The third-order valence-electron chi connectivity index (χ3n) is 4.00. The van der Waals surface area contributed by atoms with Crippen LogP contribution in [0.15, 0.2) is 38.9 Å². The van der Waals surface area contributed by atoms with Gasteiger partial charge in [0.05, 0.1) is 0 Å². The molecule has 0 aliphatic carbocycles. The van der Waals surface area contributed by atoms with Crippen LogP contribution in [0.4, 0.5) is 0 Å². The molecule has 1 fully saturated rings. The molecule has 0 unspecified atom stereocenters. The first-order chi connectivity index (χ1) is 11.1. The highest BCUT2D eigenvalue weighted by Crippen LogP contribution is 2.17. The minimum atomic E-state index is -0.303. The van der Waals surface area contributed by atoms with Gasteiger partial charge in [0, 0.05) is 42.7 Å². The molecule has 1 aliphatic rings. The number of hydrogen-bond acceptors (Lipinski definition) is 5. The molecule has 0 radical (unpaired) electrons. The van der Waals surface area contributed by atoms with Gasteiger partial charge >= 0.3 is 0 Å². The SMILES string of the molecule is Cc1cc(=O)cc(C(=O)NC2CCN(Cc3cccs3)CC2)o1. The summed E-state index contributed by atoms with van der Waals surface area (Å²) in [5.74, 6) is 0.243. The second kappa shape index (κ2) is 7.10. The lowest BCUT2D eigenvalue weighted by molar-refractivity contribution is 0.0877. The molecule has 122 valence electrons. The normalized spacial score (nSPS) is 16.4. The van der Waals surface area contributed by atoms with Crippen LogP contribution in [-0.4, -0.2) is 29.9 Å². The van der Waals surface area contributed by atoms with Crippen molar-refractivity contribution >= 4 is 17.2 Å². The highest BCUT2D eigenvalue weighted by Gasteiger charge is 2.22. The van der Waals surface area contributed by atoms with Crippen LogP contribution < -0.4 is 10.7 Å². The van der Waals surface area contributed by atoms with Crippen molar-refractivity contribution in [2.45, 2.75) is 32.4 Å². The number of piperidine rings is 1. The van der Waals surface area contributed by atoms with Crippen LogP contribution in [0.25, 0.3) is 0 Å². The second-order valence-electron chi connectivity index (χ2n) is 5.87. The molecule has 3 rings (SSSR count). The van der Waals surface area contributed by atoms with Gasteiger partial charge in [0.25, 0.3) is 5.91 Å². The molecule has 2 aromatic heterocycles. The van der Waals surface area contributed by atoms with E-state index in [1.165, 1.54) is 17.0 Å². The van der Waals surface area contributed by atoms with Crippen molar-refractivity contribution in [3.05, 3.63) is 56.3 Å². The second-order valence-corrected chi connectivity index (χ2v) is 6.90. The standard InChI is InChI=1S/C17H20N2O3S/c1-12-9-14(20)10-16(22-12)17(21)18-13-4-6-19(7-5-13)11-15-3-2-8-23-15/h2-3,8-10,13H,4-7,11H2,1H3,(H,18,21). The lowest BCUT2D eigenvalue weighted by Crippen LogP contribution is -2.44. The Bertz CT molecular complexity index is 716. The lowest BCUT2D eigenvalue weighted by Gasteiger charge is -2.31. The first-order valence-electron chi connectivity index (χ1n) is 7.77. The molecular formula is C17H20N2O3S. The summed E-state index contributed by atoms with van der Waals surface area (Å²) in [7, 11) is 0. The summed E-state index contributed by atoms with van der Waals surface area (Å²) in [5.41, 5.74) is -0.204. The van der Waals surface area contributed by atoms with Crippen molar-refractivity contribution in [2.75, 3.05) is 13.1 Å². The van der Waals surface area contributed by atoms with Gasteiger partial charge in [-0.1, -0.05) is 6.07 Å². The fraction of sp³-hybridized carbons (Fsp3) is 0.412. The van der Waals surface area contributed by atoms with Gasteiger partial charge in [-0.2, -0.15) is 0 Å². The zero-order chi connectivity index (χ0) is 16.2. The Balaban J connectivity index is 1.52. The van der Waals surface area contributed by atoms with Crippen LogP contribution in [0.5, 0.6) is 0 Å². The number of amides is 1. The number of thiophene rings is 1. The van der Waals surface area contributed by atoms with Gasteiger partial charge in [-0.25, -0.2) is 0 Å². The molecule has 1 saturated heterocycles. The van der Waals surface area contributed by atoms with E-state index in [4.69, 9.17) is 4.42 Å². The molecule has 1 aliphatic heterocycles. The fourth-order valence-corrected chi connectivity index (χ4v) is 3.58. The zero-order valence-corrected chi connectivity index (χ0v) is 13.9. The summed E-state index contributed by atoms with van der Waals surface area (Å²) >= 11 is 1.77. The fourth-order valence-electron chi connectivity index (χ4n) is 2.83. The number of aryl methyl sites for hydroxylation is 1. The van der Waals surface area contributed by atoms with E-state index in [0.717, 1.165) is 32.5 Å². The van der Waals surface area contributed by atoms with Gasteiger partial charge in [-0.3, -0.25) is 14.5 Å². The van der Waals surface area contributed by atoms with Gasteiger partial charge in [0.1, 0.15) is 5.76 Å². The van der Waals surface area contributed by atoms with Crippen molar-refractivity contribution in [1.82, 2.24) is 10.2 Å². The van der Waals surface area contributed by atoms with Crippen molar-refractivity contribution in [3.8, 4) is 0 Å². The summed E-state index contributed by atoms with van der Waals surface area (Å²) < 4.78 is 5.33. The molecule has 3 heterocycles. The number of carbonyl (C=O) groups is 1. The smallest absolute Gasteiger partial charge is 0.287 e. The van der Waals surface area contributed by atoms with E-state index < -0.39 is 0 Å². The number of nitrogens with one attached hydrogen (secondary N) is 1. The van der Waals surface area contributed by atoms with Crippen LogP contribution in [0.2, 0.25) is 0 Å². The summed E-state index contributed by atoms with van der Waals surface area (Å²) in [6, 6.07) is 6.97. The maximum Gasteiger partial charge on any atom is 0.287 e. The average Bonchev–Trinajstić information content (AvgIpc) is 3.01. The molecule has 0 spiro atoms. The maximum atomic E-state index is 12.2. The van der Waals surface area contributed by atoms with E-state index in [-0.39, 0.29) is 23.1 Å². The van der Waals surface area contributed by atoms with Gasteiger partial charge in [0.15, 0.2) is 11.2 Å². The van der Waals surface area contributed by atoms with E-state index >= 15 is 0 Å². The third-order valence-corrected chi connectivity index (χ3v) is 4.86. The van der Waals surface area contributed by atoms with Gasteiger partial charge in [-0.05, 0) is 31.2 Å². The minimum absolute atomic E-state index is 0.0935. The monoisotopic (exact) mass is 332 g/mol. The predicted molar refractivity (Wildman–Crippen MR) is 89.8 cm³/mol. The van der Waals surface area contributed by atoms with Gasteiger partial charge in [-0.15, -0.1) is 11.3 Å². The zero-order valence-electron chi connectivity index (χ0n) is 13.1. The maximum absolute atomic E-state index is 12.2. The Hall–Kier alpha value is -1.92. The molecule has 0 atom stereocenters. The highest BCUT2D eigenvalue weighted by molar-refractivity contribution is 7.09. The van der Waals surface area contributed by atoms with E-state index in [0.29, 0.717) is 5.76 Å². The van der Waals surface area contributed by atoms with E-state index in [1.807, 2.05) is 0 Å². The van der Waals surface area contributed by atoms with E-state index in [2.05, 4.69) is 27.7 Å². The first kappa shape index (κ1) is 16.0. The molecular weight excluding hydrogens is 312 g/mol. The number of hydrogen-bond donors (Lipinski definition) is 1. The summed E-state index contributed by atoms with van der Waals surface area (Å²) in [5, 5.41) is 5.07. The summed E-state index contributed by atoms with van der Waals surface area (Å²) in [6.45, 7) is 4.56. The Morgan fingerprint density at radius 3 is 2.83 bits per heavy atom. The van der Waals surface area contributed by atoms with Crippen LogP contribution in [-0.2, 0) is 6.54 Å². The molecule has 0 saturated carbocycles. The Morgan fingerprint density at radius 1 is 1.39 bits per heavy atom. The number of carbonyl (C=O) groups excluding carboxylic acids is 1. The number of nitrogens with zero attached hydrogens (tertiary/aromatic N) is 1. The van der Waals surface area contributed by atoms with Crippen LogP contribution in [0, 0.1) is 6.92 Å². The van der Waals surface area contributed by atoms with Crippen molar-refractivity contribution in [2.24, 2.45) is 0 Å². The van der Waals surface area contributed by atoms with Crippen LogP contribution in [0.1, 0.15) is 34.0 Å². The highest BCUT2D eigenvalue weighted by atomic mass is 32.1. The lowest BCUT2D eigenvalue weighted by atomic mass is 10.0. The van der Waals surface area contributed by atoms with Crippen LogP contribution >= 0.6 is 11.3 Å². The molecule has 23 heavy (non-hydrogen) atoms. The number of likely N-dealkylation sites (tertiary alicyclic amines) is 1. The van der Waals surface area contributed by atoms with Crippen molar-refractivity contribution < 1.29 is 9.21 Å². The molecule has 5 nitrogen and oxygen atoms in total. The molecule has 2 aromatic rings. The quantitative estimate of drug-likeness (QED) is 0.934. The van der Waals surface area contributed by atoms with Gasteiger partial charge in [0.2, 0.25) is 0 Å². The van der Waals surface area contributed by atoms with Crippen molar-refractivity contribution in [1.29, 1.82) is 0 Å². The molecule has 6 heteroatoms. The predicted octanol–water partition coefficient (Wildman–Crippen LogP) is 2.40. The largest absolute Gasteiger partial charge is 0.456 e. The minimum Gasteiger partial charge on any atom is -0.456 e. The third kappa shape index (κ3) is 4.30. The molecule has 0 aromatic carbocycles. The van der Waals surface area contributed by atoms with Gasteiger partial charge < -0.3 is 9.73 Å². The van der Waals surface area contributed by atoms with E-state index in [1.54, 1.807) is 18.3 Å². The molecule has 1 amide bonds. The summed E-state index contributed by atoms with van der Waals surface area (Å²) in [4.78, 5) is 27.4. The number of rotatable bonds is 4. The first-order valence-corrected chi connectivity index (χ1v) is 8.65. The Labute approximate surface area is 138 Å². The van der Waals surface area contributed by atoms with Crippen molar-refractivity contribution in [3.63, 3.8) is 0 Å². The average molecular weight is 332 g/mol. The molecule has 1 N–H and O–H groups in total. The topological polar surface area (TPSA) is 62.6 Å². The Morgan fingerprint density at radius 2 is 2.17 bits per heavy atom. The Kier molecular flexibility index (Phi) is 4.93.